The second-order valence-corrected chi connectivity index (χ2v) is 6.59. The van der Waals surface area contributed by atoms with Gasteiger partial charge in [0.1, 0.15) is 11.5 Å². The van der Waals surface area contributed by atoms with Crippen LogP contribution in [0.25, 0.3) is 0 Å². The number of hydrogen-bond donors (Lipinski definition) is 2. The molecular weight excluding hydrogens is 376 g/mol. The van der Waals surface area contributed by atoms with E-state index in [1.807, 2.05) is 12.1 Å². The maximum absolute atomic E-state index is 12.4. The minimum absolute atomic E-state index is 0.124. The van der Waals surface area contributed by atoms with E-state index in [2.05, 4.69) is 10.6 Å². The minimum atomic E-state index is -1.80. The standard InChI is InChI=1S/C21H22N2O6/c1-4-28-20(26)21(2)19(25)23-16-10-7-14(12-17(16)29-21)22-18(24)11-13-5-8-15(27-3)9-6-13/h5-10,12H,4,11H2,1-3H3,(H,22,24)(H,23,25)/t21-/m0/s1. The molecule has 8 nitrogen and oxygen atoms in total. The number of anilines is 2. The van der Waals surface area contributed by atoms with E-state index >= 15 is 0 Å². The summed E-state index contributed by atoms with van der Waals surface area (Å²) in [7, 11) is 1.58. The quantitative estimate of drug-likeness (QED) is 0.573. The first-order valence-corrected chi connectivity index (χ1v) is 9.10. The van der Waals surface area contributed by atoms with Gasteiger partial charge in [0.25, 0.3) is 11.5 Å². The molecule has 0 aliphatic carbocycles. The topological polar surface area (TPSA) is 103 Å². The second-order valence-electron chi connectivity index (χ2n) is 6.59. The molecule has 2 amide bonds. The van der Waals surface area contributed by atoms with Gasteiger partial charge in [-0.1, -0.05) is 12.1 Å². The van der Waals surface area contributed by atoms with Crippen LogP contribution in [0.1, 0.15) is 19.4 Å². The largest absolute Gasteiger partial charge is 0.497 e. The van der Waals surface area contributed by atoms with Crippen molar-refractivity contribution in [2.75, 3.05) is 24.4 Å². The highest BCUT2D eigenvalue weighted by Crippen LogP contribution is 2.36. The van der Waals surface area contributed by atoms with Gasteiger partial charge < -0.3 is 24.8 Å². The predicted molar refractivity (Wildman–Crippen MR) is 106 cm³/mol. The van der Waals surface area contributed by atoms with Crippen molar-refractivity contribution in [1.82, 2.24) is 0 Å². The molecule has 0 unspecified atom stereocenters. The van der Waals surface area contributed by atoms with E-state index in [0.29, 0.717) is 17.1 Å². The molecule has 1 aliphatic rings. The zero-order valence-corrected chi connectivity index (χ0v) is 16.4. The summed E-state index contributed by atoms with van der Waals surface area (Å²) in [6.45, 7) is 3.12. The summed E-state index contributed by atoms with van der Waals surface area (Å²) in [5, 5.41) is 5.41. The molecule has 0 bridgehead atoms. The first kappa shape index (κ1) is 20.2. The highest BCUT2D eigenvalue weighted by molar-refractivity contribution is 6.14. The molecule has 0 aromatic heterocycles. The summed E-state index contributed by atoms with van der Waals surface area (Å²) >= 11 is 0. The monoisotopic (exact) mass is 398 g/mol. The van der Waals surface area contributed by atoms with Crippen molar-refractivity contribution in [3.05, 3.63) is 48.0 Å². The summed E-state index contributed by atoms with van der Waals surface area (Å²) in [6.07, 6.45) is 0.180. The summed E-state index contributed by atoms with van der Waals surface area (Å²) in [5.74, 6) is -0.630. The number of hydrogen-bond acceptors (Lipinski definition) is 6. The van der Waals surface area contributed by atoms with E-state index in [4.69, 9.17) is 14.2 Å². The number of esters is 1. The van der Waals surface area contributed by atoms with Gasteiger partial charge >= 0.3 is 5.97 Å². The summed E-state index contributed by atoms with van der Waals surface area (Å²) in [6, 6.07) is 12.0. The average Bonchev–Trinajstić information content (AvgIpc) is 2.70. The van der Waals surface area contributed by atoms with Gasteiger partial charge in [-0.3, -0.25) is 9.59 Å². The maximum atomic E-state index is 12.4. The maximum Gasteiger partial charge on any atom is 0.360 e. The molecule has 1 aliphatic heterocycles. The number of fused-ring (bicyclic) bond motifs is 1. The molecule has 0 fully saturated rings. The summed E-state index contributed by atoms with van der Waals surface area (Å²) < 4.78 is 15.7. The summed E-state index contributed by atoms with van der Waals surface area (Å²) in [5.41, 5.74) is -0.0800. The normalized spacial score (nSPS) is 17.4. The third-order valence-corrected chi connectivity index (χ3v) is 4.45. The highest BCUT2D eigenvalue weighted by Gasteiger charge is 2.48. The van der Waals surface area contributed by atoms with Crippen molar-refractivity contribution in [2.45, 2.75) is 25.9 Å². The van der Waals surface area contributed by atoms with Crippen LogP contribution in [0.2, 0.25) is 0 Å². The van der Waals surface area contributed by atoms with E-state index < -0.39 is 17.5 Å². The number of carbonyl (C=O) groups is 3. The van der Waals surface area contributed by atoms with Gasteiger partial charge in [0.15, 0.2) is 0 Å². The first-order chi connectivity index (χ1) is 13.9. The third-order valence-electron chi connectivity index (χ3n) is 4.45. The lowest BCUT2D eigenvalue weighted by Gasteiger charge is -2.32. The number of methoxy groups -OCH3 is 1. The van der Waals surface area contributed by atoms with Gasteiger partial charge in [0, 0.05) is 11.8 Å². The molecule has 1 heterocycles. The lowest BCUT2D eigenvalue weighted by atomic mass is 10.0. The van der Waals surface area contributed by atoms with E-state index in [1.165, 1.54) is 6.92 Å². The van der Waals surface area contributed by atoms with Crippen LogP contribution in [-0.2, 0) is 25.5 Å². The number of amides is 2. The van der Waals surface area contributed by atoms with Crippen molar-refractivity contribution in [1.29, 1.82) is 0 Å². The van der Waals surface area contributed by atoms with Crippen LogP contribution in [0, 0.1) is 0 Å². The average molecular weight is 398 g/mol. The number of carbonyl (C=O) groups excluding carboxylic acids is 3. The molecule has 2 aromatic carbocycles. The Morgan fingerprint density at radius 3 is 2.55 bits per heavy atom. The number of ether oxygens (including phenoxy) is 3. The van der Waals surface area contributed by atoms with Gasteiger partial charge in [0.2, 0.25) is 5.91 Å². The Kier molecular flexibility index (Phi) is 5.72. The Bertz CT molecular complexity index is 941. The van der Waals surface area contributed by atoms with Crippen LogP contribution in [0.4, 0.5) is 11.4 Å². The van der Waals surface area contributed by atoms with Gasteiger partial charge in [-0.05, 0) is 43.7 Å². The van der Waals surface area contributed by atoms with Gasteiger partial charge in [-0.15, -0.1) is 0 Å². The molecule has 3 rings (SSSR count). The molecule has 0 radical (unpaired) electrons. The van der Waals surface area contributed by atoms with Crippen molar-refractivity contribution in [3.8, 4) is 11.5 Å². The number of nitrogens with one attached hydrogen (secondary N) is 2. The first-order valence-electron chi connectivity index (χ1n) is 9.10. The van der Waals surface area contributed by atoms with Crippen LogP contribution in [0.15, 0.2) is 42.5 Å². The van der Waals surface area contributed by atoms with Crippen molar-refractivity contribution >= 4 is 29.2 Å². The Balaban J connectivity index is 1.72. The van der Waals surface area contributed by atoms with Crippen LogP contribution in [-0.4, -0.2) is 37.1 Å². The Morgan fingerprint density at radius 2 is 1.90 bits per heavy atom. The predicted octanol–water partition coefficient (Wildman–Crippen LogP) is 2.53. The van der Waals surface area contributed by atoms with E-state index in [1.54, 1.807) is 44.4 Å². The molecule has 8 heteroatoms. The molecule has 2 N–H and O–H groups in total. The summed E-state index contributed by atoms with van der Waals surface area (Å²) in [4.78, 5) is 36.8. The molecule has 0 spiro atoms. The molecule has 152 valence electrons. The zero-order chi connectivity index (χ0) is 21.0. The number of benzene rings is 2. The lowest BCUT2D eigenvalue weighted by molar-refractivity contribution is -0.165. The second kappa shape index (κ2) is 8.22. The van der Waals surface area contributed by atoms with Crippen molar-refractivity contribution in [3.63, 3.8) is 0 Å². The Hall–Kier alpha value is -3.55. The number of rotatable bonds is 6. The van der Waals surface area contributed by atoms with Crippen LogP contribution >= 0.6 is 0 Å². The molecule has 0 saturated heterocycles. The minimum Gasteiger partial charge on any atom is -0.497 e. The van der Waals surface area contributed by atoms with Crippen molar-refractivity contribution in [2.24, 2.45) is 0 Å². The van der Waals surface area contributed by atoms with E-state index in [0.717, 1.165) is 5.56 Å². The molecule has 29 heavy (non-hydrogen) atoms. The molecule has 1 atom stereocenters. The molecule has 2 aromatic rings. The van der Waals surface area contributed by atoms with Crippen LogP contribution in [0.5, 0.6) is 11.5 Å². The molecule has 0 saturated carbocycles. The Labute approximate surface area is 168 Å². The molecular formula is C21H22N2O6. The van der Waals surface area contributed by atoms with E-state index in [9.17, 15) is 14.4 Å². The fourth-order valence-corrected chi connectivity index (χ4v) is 2.83. The Morgan fingerprint density at radius 1 is 1.17 bits per heavy atom. The smallest absolute Gasteiger partial charge is 0.360 e. The lowest BCUT2D eigenvalue weighted by Crippen LogP contribution is -2.55. The third kappa shape index (κ3) is 4.31. The van der Waals surface area contributed by atoms with E-state index in [-0.39, 0.29) is 24.7 Å². The van der Waals surface area contributed by atoms with Crippen LogP contribution < -0.4 is 20.1 Å². The fourth-order valence-electron chi connectivity index (χ4n) is 2.83. The SMILES string of the molecule is CCOC(=O)[C@@]1(C)Oc2cc(NC(=O)Cc3ccc(OC)cc3)ccc2NC1=O. The zero-order valence-electron chi connectivity index (χ0n) is 16.4. The highest BCUT2D eigenvalue weighted by atomic mass is 16.6. The van der Waals surface area contributed by atoms with Gasteiger partial charge in [0.05, 0.1) is 25.8 Å². The van der Waals surface area contributed by atoms with Crippen LogP contribution in [0.3, 0.4) is 0 Å². The van der Waals surface area contributed by atoms with Gasteiger partial charge in [-0.2, -0.15) is 0 Å². The van der Waals surface area contributed by atoms with Gasteiger partial charge in [-0.25, -0.2) is 4.79 Å². The fraction of sp³-hybridized carbons (Fsp3) is 0.286. The van der Waals surface area contributed by atoms with Crippen molar-refractivity contribution < 1.29 is 28.6 Å².